The Hall–Kier alpha value is -0.650. The molecule has 1 amide bonds. The Labute approximate surface area is 118 Å². The van der Waals surface area contributed by atoms with Gasteiger partial charge in [0.2, 0.25) is 0 Å². The number of carbonyl (C=O) groups is 1. The minimum atomic E-state index is -0.441. The second-order valence-corrected chi connectivity index (χ2v) is 5.26. The normalized spacial score (nSPS) is 19.9. The van der Waals surface area contributed by atoms with Gasteiger partial charge in [-0.2, -0.15) is 0 Å². The highest BCUT2D eigenvalue weighted by atomic mass is 79.9. The lowest BCUT2D eigenvalue weighted by Crippen LogP contribution is -2.49. The summed E-state index contributed by atoms with van der Waals surface area (Å²) in [5.41, 5.74) is 0.318. The number of hydrogen-bond donors (Lipinski definition) is 0. The third kappa shape index (κ3) is 3.02. The Morgan fingerprint density at radius 1 is 1.56 bits per heavy atom. The summed E-state index contributed by atoms with van der Waals surface area (Å²) in [5.74, 6) is -0.352. The molecule has 1 aliphatic heterocycles. The summed E-state index contributed by atoms with van der Waals surface area (Å²) in [6, 6.07) is 3.99. The molecular weight excluding hydrogens is 324 g/mol. The van der Waals surface area contributed by atoms with Crippen LogP contribution in [-0.2, 0) is 4.74 Å². The SMILES string of the molecule is O=C(c1cc(F)cc(Br)c1)N1CCOCC1CCl. The van der Waals surface area contributed by atoms with Crippen LogP contribution in [0.1, 0.15) is 10.4 Å². The van der Waals surface area contributed by atoms with Crippen molar-refractivity contribution in [3.05, 3.63) is 34.1 Å². The molecule has 98 valence electrons. The van der Waals surface area contributed by atoms with Crippen molar-refractivity contribution >= 4 is 33.4 Å². The molecule has 1 heterocycles. The van der Waals surface area contributed by atoms with E-state index < -0.39 is 5.82 Å². The zero-order valence-electron chi connectivity index (χ0n) is 9.54. The topological polar surface area (TPSA) is 29.5 Å². The minimum absolute atomic E-state index is 0.157. The van der Waals surface area contributed by atoms with Crippen molar-refractivity contribution in [2.24, 2.45) is 0 Å². The van der Waals surface area contributed by atoms with Gasteiger partial charge in [0.25, 0.3) is 5.91 Å². The van der Waals surface area contributed by atoms with E-state index in [2.05, 4.69) is 15.9 Å². The molecule has 1 aromatic rings. The van der Waals surface area contributed by atoms with Gasteiger partial charge in [0, 0.05) is 22.5 Å². The Morgan fingerprint density at radius 3 is 3.00 bits per heavy atom. The molecule has 1 unspecified atom stereocenters. The molecule has 2 rings (SSSR count). The van der Waals surface area contributed by atoms with Gasteiger partial charge in [-0.15, -0.1) is 11.6 Å². The molecule has 0 N–H and O–H groups in total. The smallest absolute Gasteiger partial charge is 0.254 e. The summed E-state index contributed by atoms with van der Waals surface area (Å²) in [6.45, 7) is 1.38. The van der Waals surface area contributed by atoms with Gasteiger partial charge in [0.15, 0.2) is 0 Å². The third-order valence-corrected chi connectivity index (χ3v) is 3.59. The molecule has 1 saturated heterocycles. The van der Waals surface area contributed by atoms with E-state index in [1.165, 1.54) is 12.1 Å². The lowest BCUT2D eigenvalue weighted by Gasteiger charge is -2.34. The minimum Gasteiger partial charge on any atom is -0.377 e. The van der Waals surface area contributed by atoms with Gasteiger partial charge in [-0.25, -0.2) is 4.39 Å². The molecule has 3 nitrogen and oxygen atoms in total. The van der Waals surface area contributed by atoms with Gasteiger partial charge in [-0.3, -0.25) is 4.79 Å². The van der Waals surface area contributed by atoms with Gasteiger partial charge >= 0.3 is 0 Å². The molecule has 1 fully saturated rings. The third-order valence-electron chi connectivity index (χ3n) is 2.78. The number of halogens is 3. The molecule has 0 saturated carbocycles. The van der Waals surface area contributed by atoms with Crippen molar-refractivity contribution in [2.45, 2.75) is 6.04 Å². The van der Waals surface area contributed by atoms with E-state index in [9.17, 15) is 9.18 Å². The summed E-state index contributed by atoms with van der Waals surface area (Å²) < 4.78 is 19.1. The zero-order valence-corrected chi connectivity index (χ0v) is 11.9. The van der Waals surface area contributed by atoms with Crippen molar-refractivity contribution in [1.82, 2.24) is 4.90 Å². The Morgan fingerprint density at radius 2 is 2.33 bits per heavy atom. The van der Waals surface area contributed by atoms with Gasteiger partial charge in [-0.05, 0) is 18.2 Å². The quantitative estimate of drug-likeness (QED) is 0.777. The fourth-order valence-corrected chi connectivity index (χ4v) is 2.61. The first-order valence-electron chi connectivity index (χ1n) is 5.52. The molecule has 1 atom stereocenters. The number of nitrogens with zero attached hydrogens (tertiary/aromatic N) is 1. The van der Waals surface area contributed by atoms with E-state index in [4.69, 9.17) is 16.3 Å². The van der Waals surface area contributed by atoms with Crippen molar-refractivity contribution in [3.63, 3.8) is 0 Å². The van der Waals surface area contributed by atoms with Crippen molar-refractivity contribution in [2.75, 3.05) is 25.6 Å². The van der Waals surface area contributed by atoms with Crippen molar-refractivity contribution in [3.8, 4) is 0 Å². The molecule has 0 aromatic heterocycles. The van der Waals surface area contributed by atoms with Crippen LogP contribution in [-0.4, -0.2) is 42.5 Å². The number of rotatable bonds is 2. The predicted molar refractivity (Wildman–Crippen MR) is 70.5 cm³/mol. The summed E-state index contributed by atoms with van der Waals surface area (Å²) in [7, 11) is 0. The second-order valence-electron chi connectivity index (χ2n) is 4.04. The summed E-state index contributed by atoms with van der Waals surface area (Å²) in [5, 5.41) is 0. The van der Waals surface area contributed by atoms with Crippen LogP contribution >= 0.6 is 27.5 Å². The molecule has 18 heavy (non-hydrogen) atoms. The van der Waals surface area contributed by atoms with Crippen LogP contribution in [0.3, 0.4) is 0 Å². The van der Waals surface area contributed by atoms with Crippen LogP contribution in [0.25, 0.3) is 0 Å². The number of alkyl halides is 1. The zero-order chi connectivity index (χ0) is 13.1. The lowest BCUT2D eigenvalue weighted by molar-refractivity contribution is 0.00453. The van der Waals surface area contributed by atoms with E-state index >= 15 is 0 Å². The van der Waals surface area contributed by atoms with E-state index in [1.54, 1.807) is 11.0 Å². The van der Waals surface area contributed by atoms with E-state index in [1.807, 2.05) is 0 Å². The molecular formula is C12H12BrClFNO2. The number of benzene rings is 1. The second kappa shape index (κ2) is 5.99. The van der Waals surface area contributed by atoms with Crippen LogP contribution in [0.15, 0.2) is 22.7 Å². The number of hydrogen-bond acceptors (Lipinski definition) is 2. The standard InChI is InChI=1S/C12H12BrClFNO2/c13-9-3-8(4-10(15)5-9)12(17)16-1-2-18-7-11(16)6-14/h3-5,11H,1-2,6-7H2. The first-order chi connectivity index (χ1) is 8.61. The van der Waals surface area contributed by atoms with Crippen molar-refractivity contribution in [1.29, 1.82) is 0 Å². The molecule has 1 aromatic carbocycles. The maximum absolute atomic E-state index is 13.3. The molecule has 1 aliphatic rings. The van der Waals surface area contributed by atoms with Crippen LogP contribution in [0.4, 0.5) is 4.39 Å². The first-order valence-corrected chi connectivity index (χ1v) is 6.85. The average molecular weight is 337 g/mol. The van der Waals surface area contributed by atoms with Crippen molar-refractivity contribution < 1.29 is 13.9 Å². The maximum Gasteiger partial charge on any atom is 0.254 e. The molecule has 0 spiro atoms. The fraction of sp³-hybridized carbons (Fsp3) is 0.417. The molecule has 0 bridgehead atoms. The summed E-state index contributed by atoms with van der Waals surface area (Å²) >= 11 is 8.99. The Kier molecular flexibility index (Phi) is 4.59. The van der Waals surface area contributed by atoms with Crippen LogP contribution in [0.2, 0.25) is 0 Å². The van der Waals surface area contributed by atoms with Gasteiger partial charge < -0.3 is 9.64 Å². The van der Waals surface area contributed by atoms with E-state index in [0.717, 1.165) is 0 Å². The van der Waals surface area contributed by atoms with Gasteiger partial charge in [-0.1, -0.05) is 15.9 Å². The first kappa shape index (κ1) is 13.8. The largest absolute Gasteiger partial charge is 0.377 e. The summed E-state index contributed by atoms with van der Waals surface area (Å²) in [4.78, 5) is 13.9. The summed E-state index contributed by atoms with van der Waals surface area (Å²) in [6.07, 6.45) is 0. The maximum atomic E-state index is 13.3. The highest BCUT2D eigenvalue weighted by Gasteiger charge is 2.27. The predicted octanol–water partition coefficient (Wildman–Crippen LogP) is 2.67. The van der Waals surface area contributed by atoms with Crippen LogP contribution in [0, 0.1) is 5.82 Å². The number of ether oxygens (including phenoxy) is 1. The number of morpholine rings is 1. The monoisotopic (exact) mass is 335 g/mol. The van der Waals surface area contributed by atoms with E-state index in [-0.39, 0.29) is 11.9 Å². The highest BCUT2D eigenvalue weighted by molar-refractivity contribution is 9.10. The molecule has 6 heteroatoms. The van der Waals surface area contributed by atoms with E-state index in [0.29, 0.717) is 35.7 Å². The highest BCUT2D eigenvalue weighted by Crippen LogP contribution is 2.19. The Balaban J connectivity index is 2.23. The van der Waals surface area contributed by atoms with Crippen LogP contribution < -0.4 is 0 Å². The fourth-order valence-electron chi connectivity index (χ4n) is 1.89. The Bertz CT molecular complexity index is 437. The number of amides is 1. The lowest BCUT2D eigenvalue weighted by atomic mass is 10.1. The van der Waals surface area contributed by atoms with Crippen LogP contribution in [0.5, 0.6) is 0 Å². The average Bonchev–Trinajstić information content (AvgIpc) is 2.36. The number of carbonyl (C=O) groups excluding carboxylic acids is 1. The van der Waals surface area contributed by atoms with Gasteiger partial charge in [0.05, 0.1) is 19.3 Å². The molecule has 0 aliphatic carbocycles. The van der Waals surface area contributed by atoms with Gasteiger partial charge in [0.1, 0.15) is 5.82 Å². The molecule has 0 radical (unpaired) electrons.